The van der Waals surface area contributed by atoms with Gasteiger partial charge in [-0.3, -0.25) is 14.3 Å². The van der Waals surface area contributed by atoms with E-state index in [2.05, 4.69) is 4.98 Å². The maximum absolute atomic E-state index is 13.3. The molecule has 206 valence electrons. The van der Waals surface area contributed by atoms with Gasteiger partial charge in [-0.25, -0.2) is 13.3 Å². The van der Waals surface area contributed by atoms with Crippen molar-refractivity contribution in [3.8, 4) is 0 Å². The number of aromatic nitrogens is 1. The normalized spacial score (nSPS) is 16.9. The molecule has 0 bridgehead atoms. The van der Waals surface area contributed by atoms with Crippen molar-refractivity contribution in [3.05, 3.63) is 65.9 Å². The monoisotopic (exact) mass is 550 g/mol. The number of amides is 2. The summed E-state index contributed by atoms with van der Waals surface area (Å²) in [5.41, 5.74) is 2.79. The van der Waals surface area contributed by atoms with Crippen LogP contribution in [0.2, 0.25) is 0 Å². The highest BCUT2D eigenvalue weighted by molar-refractivity contribution is 7.81. The number of anilines is 2. The number of ether oxygens (including phenoxy) is 1. The van der Waals surface area contributed by atoms with Gasteiger partial charge in [-0.15, -0.1) is 0 Å². The lowest BCUT2D eigenvalue weighted by Gasteiger charge is -2.34. The number of aryl methyl sites for hydroxylation is 1. The number of piperazine rings is 1. The van der Waals surface area contributed by atoms with E-state index in [4.69, 9.17) is 4.74 Å². The summed E-state index contributed by atoms with van der Waals surface area (Å²) in [6, 6.07) is 14.3. The molecule has 1 N–H and O–H groups in total. The van der Waals surface area contributed by atoms with Crippen molar-refractivity contribution in [2.24, 2.45) is 5.92 Å². The topological polar surface area (TPSA) is 103 Å². The van der Waals surface area contributed by atoms with Crippen LogP contribution in [-0.4, -0.2) is 68.3 Å². The van der Waals surface area contributed by atoms with Gasteiger partial charge in [-0.05, 0) is 55.2 Å². The summed E-state index contributed by atoms with van der Waals surface area (Å²) >= 11 is -2.36. The van der Waals surface area contributed by atoms with Crippen molar-refractivity contribution in [1.82, 2.24) is 14.8 Å². The molecule has 1 aromatic heterocycles. The SMILES string of the molecule is Cc1cc(C(=O)N2CCN(C(=O)OCCC3CCCC3)CC2)ccc1N(c1cccc2cccnc12)S(=O)O. The second-order valence-corrected chi connectivity index (χ2v) is 11.0. The number of fused-ring (bicyclic) bond motifs is 1. The number of rotatable bonds is 7. The molecule has 2 aromatic carbocycles. The third-order valence-corrected chi connectivity index (χ3v) is 8.41. The predicted octanol–water partition coefficient (Wildman–Crippen LogP) is 5.29. The largest absolute Gasteiger partial charge is 0.449 e. The number of carbonyl (C=O) groups is 2. The average molecular weight is 551 g/mol. The molecule has 2 amide bonds. The van der Waals surface area contributed by atoms with Crippen LogP contribution < -0.4 is 4.31 Å². The summed E-state index contributed by atoms with van der Waals surface area (Å²) in [4.78, 5) is 33.5. The second kappa shape index (κ2) is 12.1. The van der Waals surface area contributed by atoms with Gasteiger partial charge in [-0.2, -0.15) is 0 Å². The van der Waals surface area contributed by atoms with E-state index in [1.807, 2.05) is 31.2 Å². The third kappa shape index (κ3) is 6.07. The molecular weight excluding hydrogens is 516 g/mol. The summed E-state index contributed by atoms with van der Waals surface area (Å²) in [7, 11) is 0. The van der Waals surface area contributed by atoms with Crippen LogP contribution in [0.5, 0.6) is 0 Å². The summed E-state index contributed by atoms with van der Waals surface area (Å²) in [5.74, 6) is 0.540. The van der Waals surface area contributed by atoms with E-state index in [-0.39, 0.29) is 12.0 Å². The lowest BCUT2D eigenvalue weighted by molar-refractivity contribution is 0.0548. The van der Waals surface area contributed by atoms with Crippen LogP contribution in [0.15, 0.2) is 54.7 Å². The molecular formula is C29H34N4O5S. The Morgan fingerprint density at radius 1 is 1.03 bits per heavy atom. The van der Waals surface area contributed by atoms with Gasteiger partial charge in [0, 0.05) is 43.3 Å². The number of hydrogen-bond acceptors (Lipinski definition) is 5. The zero-order valence-electron chi connectivity index (χ0n) is 22.1. The first kappa shape index (κ1) is 27.1. The fraction of sp³-hybridized carbons (Fsp3) is 0.414. The van der Waals surface area contributed by atoms with Crippen LogP contribution in [0.1, 0.15) is 48.0 Å². The summed E-state index contributed by atoms with van der Waals surface area (Å²) < 4.78 is 29.5. The minimum absolute atomic E-state index is 0.137. The molecule has 9 nitrogen and oxygen atoms in total. The van der Waals surface area contributed by atoms with Crippen LogP contribution in [0.4, 0.5) is 16.2 Å². The van der Waals surface area contributed by atoms with Gasteiger partial charge in [0.25, 0.3) is 17.2 Å². The fourth-order valence-electron chi connectivity index (χ4n) is 5.54. The highest BCUT2D eigenvalue weighted by Gasteiger charge is 2.27. The molecule has 2 heterocycles. The van der Waals surface area contributed by atoms with Crippen LogP contribution in [0, 0.1) is 12.8 Å². The Bertz CT molecular complexity index is 1360. The molecule has 39 heavy (non-hydrogen) atoms. The van der Waals surface area contributed by atoms with Gasteiger partial charge in [0.2, 0.25) is 0 Å². The first-order chi connectivity index (χ1) is 18.9. The predicted molar refractivity (Wildman–Crippen MR) is 151 cm³/mol. The van der Waals surface area contributed by atoms with E-state index < -0.39 is 11.3 Å². The van der Waals surface area contributed by atoms with Crippen molar-refractivity contribution in [2.45, 2.75) is 39.0 Å². The van der Waals surface area contributed by atoms with Crippen molar-refractivity contribution in [1.29, 1.82) is 0 Å². The average Bonchev–Trinajstić information content (AvgIpc) is 3.47. The van der Waals surface area contributed by atoms with Crippen LogP contribution in [0.3, 0.4) is 0 Å². The quantitative estimate of drug-likeness (QED) is 0.401. The van der Waals surface area contributed by atoms with E-state index >= 15 is 0 Å². The highest BCUT2D eigenvalue weighted by atomic mass is 32.2. The molecule has 0 spiro atoms. The molecule has 10 heteroatoms. The summed E-state index contributed by atoms with van der Waals surface area (Å²) in [6.07, 6.45) is 7.28. The lowest BCUT2D eigenvalue weighted by atomic mass is 10.1. The molecule has 1 saturated carbocycles. The van der Waals surface area contributed by atoms with Crippen LogP contribution >= 0.6 is 0 Å². The van der Waals surface area contributed by atoms with Crippen molar-refractivity contribution in [3.63, 3.8) is 0 Å². The highest BCUT2D eigenvalue weighted by Crippen LogP contribution is 2.34. The second-order valence-electron chi connectivity index (χ2n) is 10.2. The molecule has 1 aliphatic carbocycles. The Balaban J connectivity index is 1.23. The standard InChI is InChI=1S/C29H34N4O5S/c1-21-20-24(11-12-25(21)33(39(36)37)26-10-4-8-23-9-5-14-30-27(23)26)28(34)31-15-17-32(18-16-31)29(35)38-19-13-22-6-2-3-7-22/h4-5,8-12,14,20,22H,2-3,6-7,13,15-19H2,1H3,(H,36,37). The van der Waals surface area contributed by atoms with Gasteiger partial charge in [-0.1, -0.05) is 43.9 Å². The van der Waals surface area contributed by atoms with Crippen LogP contribution in [0.25, 0.3) is 10.9 Å². The molecule has 2 aliphatic rings. The van der Waals surface area contributed by atoms with E-state index in [1.54, 1.807) is 40.3 Å². The van der Waals surface area contributed by atoms with Crippen molar-refractivity contribution >= 4 is 45.5 Å². The van der Waals surface area contributed by atoms with E-state index in [1.165, 1.54) is 30.0 Å². The number of pyridine rings is 1. The Kier molecular flexibility index (Phi) is 8.42. The molecule has 1 unspecified atom stereocenters. The first-order valence-electron chi connectivity index (χ1n) is 13.5. The van der Waals surface area contributed by atoms with E-state index in [0.29, 0.717) is 66.7 Å². The minimum Gasteiger partial charge on any atom is -0.449 e. The molecule has 2 fully saturated rings. The molecule has 5 rings (SSSR count). The van der Waals surface area contributed by atoms with Crippen molar-refractivity contribution < 1.29 is 23.1 Å². The zero-order chi connectivity index (χ0) is 27.4. The Morgan fingerprint density at radius 3 is 2.46 bits per heavy atom. The third-order valence-electron chi connectivity index (χ3n) is 7.70. The van der Waals surface area contributed by atoms with Gasteiger partial charge < -0.3 is 14.5 Å². The summed E-state index contributed by atoms with van der Waals surface area (Å²) in [6.45, 7) is 3.97. The zero-order valence-corrected chi connectivity index (χ0v) is 22.9. The first-order valence-corrected chi connectivity index (χ1v) is 14.5. The molecule has 1 atom stereocenters. The number of para-hydroxylation sites is 1. The number of nitrogens with zero attached hydrogens (tertiary/aromatic N) is 4. The van der Waals surface area contributed by atoms with Gasteiger partial charge >= 0.3 is 6.09 Å². The Hall–Kier alpha value is -3.50. The number of hydrogen-bond donors (Lipinski definition) is 1. The van der Waals surface area contributed by atoms with Gasteiger partial charge in [0.05, 0.1) is 23.5 Å². The minimum atomic E-state index is -2.36. The molecule has 0 radical (unpaired) electrons. The maximum Gasteiger partial charge on any atom is 0.409 e. The lowest BCUT2D eigenvalue weighted by Crippen LogP contribution is -2.50. The Morgan fingerprint density at radius 2 is 1.74 bits per heavy atom. The van der Waals surface area contributed by atoms with E-state index in [0.717, 1.165) is 11.8 Å². The molecule has 1 saturated heterocycles. The number of carbonyl (C=O) groups excluding carboxylic acids is 2. The van der Waals surface area contributed by atoms with Crippen molar-refractivity contribution in [2.75, 3.05) is 37.1 Å². The van der Waals surface area contributed by atoms with Gasteiger partial charge in [0.15, 0.2) is 0 Å². The smallest absolute Gasteiger partial charge is 0.409 e. The molecule has 3 aromatic rings. The maximum atomic E-state index is 13.3. The van der Waals surface area contributed by atoms with Gasteiger partial charge in [0.1, 0.15) is 0 Å². The van der Waals surface area contributed by atoms with E-state index in [9.17, 15) is 18.4 Å². The Labute approximate surface area is 231 Å². The molecule has 1 aliphatic heterocycles. The fourth-order valence-corrected chi connectivity index (χ4v) is 6.23. The number of benzene rings is 2. The van der Waals surface area contributed by atoms with Crippen LogP contribution in [-0.2, 0) is 16.0 Å². The summed E-state index contributed by atoms with van der Waals surface area (Å²) in [5, 5.41) is 0.853.